The second-order valence-corrected chi connectivity index (χ2v) is 3.81. The number of methoxy groups -OCH3 is 1. The highest BCUT2D eigenvalue weighted by atomic mass is 19.4. The second kappa shape index (κ2) is 5.73. The highest BCUT2D eigenvalue weighted by molar-refractivity contribution is 5.94. The van der Waals surface area contributed by atoms with Crippen molar-refractivity contribution < 1.29 is 32.6 Å². The summed E-state index contributed by atoms with van der Waals surface area (Å²) >= 11 is 0. The summed E-state index contributed by atoms with van der Waals surface area (Å²) in [7, 11) is 1.05. The van der Waals surface area contributed by atoms with Gasteiger partial charge in [0.1, 0.15) is 0 Å². The largest absolute Gasteiger partial charge is 0.481 e. The lowest BCUT2D eigenvalue weighted by Crippen LogP contribution is -2.27. The number of carbonyl (C=O) groups is 2. The molecule has 0 amide bonds. The van der Waals surface area contributed by atoms with E-state index in [-0.39, 0.29) is 6.42 Å². The molecule has 1 aromatic rings. The molecule has 0 aliphatic carbocycles. The van der Waals surface area contributed by atoms with Gasteiger partial charge in [0.25, 0.3) is 0 Å². The van der Waals surface area contributed by atoms with Crippen molar-refractivity contribution >= 4 is 11.9 Å². The monoisotopic (exact) mass is 276 g/mol. The quantitative estimate of drug-likeness (QED) is 0.676. The first-order valence-corrected chi connectivity index (χ1v) is 5.22. The Morgan fingerprint density at radius 3 is 2.16 bits per heavy atom. The fourth-order valence-electron chi connectivity index (χ4n) is 1.48. The first-order chi connectivity index (χ1) is 8.75. The van der Waals surface area contributed by atoms with Gasteiger partial charge in [0.15, 0.2) is 5.92 Å². The molecule has 0 aliphatic heterocycles. The van der Waals surface area contributed by atoms with Crippen LogP contribution in [-0.4, -0.2) is 24.2 Å². The smallest absolute Gasteiger partial charge is 0.416 e. The lowest BCUT2D eigenvalue weighted by Gasteiger charge is -2.11. The number of carboxylic acid groups (broad SMARTS) is 1. The average Bonchev–Trinajstić information content (AvgIpc) is 2.34. The van der Waals surface area contributed by atoms with E-state index in [0.29, 0.717) is 5.56 Å². The van der Waals surface area contributed by atoms with Gasteiger partial charge in [0.2, 0.25) is 0 Å². The summed E-state index contributed by atoms with van der Waals surface area (Å²) in [5.41, 5.74) is -0.521. The summed E-state index contributed by atoms with van der Waals surface area (Å²) < 4.78 is 41.3. The third kappa shape index (κ3) is 3.97. The maximum atomic E-state index is 12.3. The molecule has 0 radical (unpaired) electrons. The van der Waals surface area contributed by atoms with Crippen LogP contribution in [-0.2, 0) is 26.9 Å². The van der Waals surface area contributed by atoms with Gasteiger partial charge in [-0.3, -0.25) is 9.59 Å². The third-order valence-corrected chi connectivity index (χ3v) is 2.50. The number of rotatable bonds is 4. The summed E-state index contributed by atoms with van der Waals surface area (Å²) in [5.74, 6) is -3.75. The van der Waals surface area contributed by atoms with Crippen molar-refractivity contribution in [2.75, 3.05) is 7.11 Å². The van der Waals surface area contributed by atoms with Crippen LogP contribution in [0.5, 0.6) is 0 Å². The van der Waals surface area contributed by atoms with E-state index in [1.165, 1.54) is 0 Å². The summed E-state index contributed by atoms with van der Waals surface area (Å²) in [6.07, 6.45) is -4.67. The van der Waals surface area contributed by atoms with Crippen LogP contribution in [0.2, 0.25) is 0 Å². The van der Waals surface area contributed by atoms with Crippen LogP contribution >= 0.6 is 0 Å². The highest BCUT2D eigenvalue weighted by Gasteiger charge is 2.31. The highest BCUT2D eigenvalue weighted by Crippen LogP contribution is 2.29. The van der Waals surface area contributed by atoms with Gasteiger partial charge in [0, 0.05) is 0 Å². The standard InChI is InChI=1S/C12H11F3O4/c1-19-11(18)9(10(16)17)6-7-2-4-8(5-3-7)12(13,14)15/h2-5,9H,6H2,1H3,(H,16,17). The Kier molecular flexibility index (Phi) is 4.52. The molecule has 0 heterocycles. The number of aliphatic carboxylic acids is 1. The Morgan fingerprint density at radius 1 is 1.26 bits per heavy atom. The van der Waals surface area contributed by atoms with Gasteiger partial charge in [-0.25, -0.2) is 0 Å². The predicted octanol–water partition coefficient (Wildman–Crippen LogP) is 2.12. The number of esters is 1. The van der Waals surface area contributed by atoms with E-state index in [1.807, 2.05) is 0 Å². The molecule has 0 saturated heterocycles. The molecule has 1 rings (SSSR count). The van der Waals surface area contributed by atoms with Crippen molar-refractivity contribution in [3.63, 3.8) is 0 Å². The molecule has 4 nitrogen and oxygen atoms in total. The van der Waals surface area contributed by atoms with Crippen LogP contribution in [0.1, 0.15) is 11.1 Å². The van der Waals surface area contributed by atoms with Gasteiger partial charge < -0.3 is 9.84 Å². The lowest BCUT2D eigenvalue weighted by atomic mass is 9.98. The Morgan fingerprint density at radius 2 is 1.79 bits per heavy atom. The zero-order valence-corrected chi connectivity index (χ0v) is 9.90. The summed E-state index contributed by atoms with van der Waals surface area (Å²) in [5, 5.41) is 8.84. The van der Waals surface area contributed by atoms with Gasteiger partial charge in [-0.05, 0) is 24.1 Å². The fraction of sp³-hybridized carbons (Fsp3) is 0.333. The molecule has 1 N–H and O–H groups in total. The molecule has 19 heavy (non-hydrogen) atoms. The van der Waals surface area contributed by atoms with E-state index in [0.717, 1.165) is 31.4 Å². The summed E-state index contributed by atoms with van der Waals surface area (Å²) in [6.45, 7) is 0. The van der Waals surface area contributed by atoms with Crippen molar-refractivity contribution in [2.45, 2.75) is 12.6 Å². The molecule has 1 aromatic carbocycles. The lowest BCUT2D eigenvalue weighted by molar-refractivity contribution is -0.156. The number of carbonyl (C=O) groups excluding carboxylic acids is 1. The second-order valence-electron chi connectivity index (χ2n) is 3.81. The van der Waals surface area contributed by atoms with Crippen molar-refractivity contribution in [3.8, 4) is 0 Å². The first kappa shape index (κ1) is 15.0. The number of hydrogen-bond donors (Lipinski definition) is 1. The zero-order chi connectivity index (χ0) is 14.6. The molecule has 0 bridgehead atoms. The van der Waals surface area contributed by atoms with Gasteiger partial charge in [-0.1, -0.05) is 12.1 Å². The average molecular weight is 276 g/mol. The molecular formula is C12H11F3O4. The molecule has 0 aromatic heterocycles. The molecule has 1 atom stereocenters. The minimum Gasteiger partial charge on any atom is -0.481 e. The molecule has 0 fully saturated rings. The van der Waals surface area contributed by atoms with Gasteiger partial charge >= 0.3 is 18.1 Å². The minimum atomic E-state index is -4.45. The molecule has 0 saturated carbocycles. The number of benzene rings is 1. The van der Waals surface area contributed by atoms with E-state index in [2.05, 4.69) is 4.74 Å². The molecule has 0 aliphatic rings. The van der Waals surface area contributed by atoms with E-state index in [1.54, 1.807) is 0 Å². The van der Waals surface area contributed by atoms with E-state index in [4.69, 9.17) is 5.11 Å². The van der Waals surface area contributed by atoms with Crippen molar-refractivity contribution in [3.05, 3.63) is 35.4 Å². The van der Waals surface area contributed by atoms with Crippen LogP contribution in [0.15, 0.2) is 24.3 Å². The van der Waals surface area contributed by atoms with E-state index < -0.39 is 29.6 Å². The molecule has 0 spiro atoms. The van der Waals surface area contributed by atoms with Crippen LogP contribution < -0.4 is 0 Å². The van der Waals surface area contributed by atoms with Crippen molar-refractivity contribution in [1.29, 1.82) is 0 Å². The summed E-state index contributed by atoms with van der Waals surface area (Å²) in [4.78, 5) is 22.1. The molecular weight excluding hydrogens is 265 g/mol. The predicted molar refractivity (Wildman–Crippen MR) is 58.3 cm³/mol. The Hall–Kier alpha value is -2.05. The number of ether oxygens (including phenoxy) is 1. The Bertz CT molecular complexity index is 465. The SMILES string of the molecule is COC(=O)C(Cc1ccc(C(F)(F)F)cc1)C(=O)O. The normalized spacial score (nSPS) is 12.8. The number of carboxylic acids is 1. The number of alkyl halides is 3. The maximum Gasteiger partial charge on any atom is 0.416 e. The maximum absolute atomic E-state index is 12.3. The third-order valence-electron chi connectivity index (χ3n) is 2.50. The van der Waals surface area contributed by atoms with Gasteiger partial charge in [0.05, 0.1) is 12.7 Å². The number of halogens is 3. The van der Waals surface area contributed by atoms with Gasteiger partial charge in [-0.2, -0.15) is 13.2 Å². The minimum absolute atomic E-state index is 0.222. The number of hydrogen-bond acceptors (Lipinski definition) is 3. The zero-order valence-electron chi connectivity index (χ0n) is 9.90. The fourth-order valence-corrected chi connectivity index (χ4v) is 1.48. The van der Waals surface area contributed by atoms with Crippen LogP contribution in [0.4, 0.5) is 13.2 Å². The molecule has 7 heteroatoms. The van der Waals surface area contributed by atoms with E-state index >= 15 is 0 Å². The summed E-state index contributed by atoms with van der Waals surface area (Å²) in [6, 6.07) is 3.96. The molecule has 104 valence electrons. The topological polar surface area (TPSA) is 63.6 Å². The Labute approximate surface area is 106 Å². The van der Waals surface area contributed by atoms with Crippen LogP contribution in [0.25, 0.3) is 0 Å². The Balaban J connectivity index is 2.87. The van der Waals surface area contributed by atoms with Crippen LogP contribution in [0, 0.1) is 5.92 Å². The van der Waals surface area contributed by atoms with Crippen molar-refractivity contribution in [2.24, 2.45) is 5.92 Å². The van der Waals surface area contributed by atoms with Crippen LogP contribution in [0.3, 0.4) is 0 Å². The molecule has 1 unspecified atom stereocenters. The van der Waals surface area contributed by atoms with E-state index in [9.17, 15) is 22.8 Å². The van der Waals surface area contributed by atoms with Gasteiger partial charge in [-0.15, -0.1) is 0 Å². The first-order valence-electron chi connectivity index (χ1n) is 5.22. The van der Waals surface area contributed by atoms with Crippen molar-refractivity contribution in [1.82, 2.24) is 0 Å².